The van der Waals surface area contributed by atoms with E-state index in [-0.39, 0.29) is 12.1 Å². The van der Waals surface area contributed by atoms with Crippen LogP contribution in [0.4, 0.5) is 0 Å². The van der Waals surface area contributed by atoms with Crippen molar-refractivity contribution in [1.29, 1.82) is 0 Å². The summed E-state index contributed by atoms with van der Waals surface area (Å²) in [6, 6.07) is 0. The maximum atomic E-state index is 11.0. The molecule has 0 heterocycles. The number of carbonyl (C=O) groups is 1. The monoisotopic (exact) mass is 160 g/mol. The normalized spacial score (nSPS) is 12.6. The SMILES string of the molecule is CCCOC(=O)C(CC)OC. The van der Waals surface area contributed by atoms with Crippen molar-refractivity contribution in [3.8, 4) is 0 Å². The molecule has 0 rings (SSSR count). The van der Waals surface area contributed by atoms with Crippen LogP contribution in [0.3, 0.4) is 0 Å². The molecular formula is C8H16O3. The molecule has 0 saturated carbocycles. The Morgan fingerprint density at radius 1 is 1.45 bits per heavy atom. The highest BCUT2D eigenvalue weighted by molar-refractivity contribution is 5.74. The quantitative estimate of drug-likeness (QED) is 0.570. The molecule has 0 fully saturated rings. The molecule has 3 nitrogen and oxygen atoms in total. The van der Waals surface area contributed by atoms with Gasteiger partial charge >= 0.3 is 5.97 Å². The maximum Gasteiger partial charge on any atom is 0.335 e. The molecule has 0 aromatic rings. The zero-order valence-corrected chi connectivity index (χ0v) is 7.42. The minimum absolute atomic E-state index is 0.253. The van der Waals surface area contributed by atoms with E-state index in [1.165, 1.54) is 7.11 Å². The van der Waals surface area contributed by atoms with E-state index in [0.29, 0.717) is 13.0 Å². The molecule has 0 saturated heterocycles. The van der Waals surface area contributed by atoms with E-state index < -0.39 is 0 Å². The molecule has 0 aliphatic heterocycles. The van der Waals surface area contributed by atoms with Gasteiger partial charge in [-0.2, -0.15) is 0 Å². The van der Waals surface area contributed by atoms with Crippen LogP contribution in [0, 0.1) is 0 Å². The first-order valence-electron chi connectivity index (χ1n) is 3.95. The molecule has 0 spiro atoms. The molecule has 0 aliphatic carbocycles. The minimum Gasteiger partial charge on any atom is -0.464 e. The predicted molar refractivity (Wildman–Crippen MR) is 42.3 cm³/mol. The molecule has 66 valence electrons. The molecule has 0 aromatic carbocycles. The van der Waals surface area contributed by atoms with Gasteiger partial charge in [-0.1, -0.05) is 13.8 Å². The molecule has 0 aromatic heterocycles. The summed E-state index contributed by atoms with van der Waals surface area (Å²) in [6.07, 6.45) is 1.13. The fourth-order valence-corrected chi connectivity index (χ4v) is 0.725. The summed E-state index contributed by atoms with van der Waals surface area (Å²) in [5, 5.41) is 0. The van der Waals surface area contributed by atoms with Crippen LogP contribution in [0.2, 0.25) is 0 Å². The molecule has 1 atom stereocenters. The van der Waals surface area contributed by atoms with Crippen molar-refractivity contribution in [3.63, 3.8) is 0 Å². The Morgan fingerprint density at radius 3 is 2.45 bits per heavy atom. The lowest BCUT2D eigenvalue weighted by molar-refractivity contribution is -0.155. The van der Waals surface area contributed by atoms with Gasteiger partial charge in [0.25, 0.3) is 0 Å². The highest BCUT2D eigenvalue weighted by atomic mass is 16.6. The number of carbonyl (C=O) groups excluding carboxylic acids is 1. The molecular weight excluding hydrogens is 144 g/mol. The van der Waals surface area contributed by atoms with Gasteiger partial charge in [0.05, 0.1) is 6.61 Å². The summed E-state index contributed by atoms with van der Waals surface area (Å²) in [5.41, 5.74) is 0. The van der Waals surface area contributed by atoms with Gasteiger partial charge in [-0.3, -0.25) is 0 Å². The standard InChI is InChI=1S/C8H16O3/c1-4-6-11-8(9)7(5-2)10-3/h7H,4-6H2,1-3H3. The van der Waals surface area contributed by atoms with Gasteiger partial charge in [0, 0.05) is 7.11 Å². The van der Waals surface area contributed by atoms with Gasteiger partial charge in [-0.25, -0.2) is 4.79 Å². The van der Waals surface area contributed by atoms with Gasteiger partial charge in [0.1, 0.15) is 0 Å². The van der Waals surface area contributed by atoms with Gasteiger partial charge in [-0.15, -0.1) is 0 Å². The summed E-state index contributed by atoms with van der Waals surface area (Å²) in [4.78, 5) is 11.0. The van der Waals surface area contributed by atoms with Gasteiger partial charge in [-0.05, 0) is 12.8 Å². The fourth-order valence-electron chi connectivity index (χ4n) is 0.725. The fraction of sp³-hybridized carbons (Fsp3) is 0.875. The van der Waals surface area contributed by atoms with Crippen LogP contribution in [0.1, 0.15) is 26.7 Å². The van der Waals surface area contributed by atoms with Crippen molar-refractivity contribution in [3.05, 3.63) is 0 Å². The van der Waals surface area contributed by atoms with Crippen molar-refractivity contribution in [2.45, 2.75) is 32.8 Å². The number of methoxy groups -OCH3 is 1. The third-order valence-electron chi connectivity index (χ3n) is 1.37. The van der Waals surface area contributed by atoms with Crippen molar-refractivity contribution >= 4 is 5.97 Å². The van der Waals surface area contributed by atoms with Crippen LogP contribution in [-0.2, 0) is 14.3 Å². The average molecular weight is 160 g/mol. The third kappa shape index (κ3) is 3.98. The Labute approximate surface area is 67.7 Å². The summed E-state index contributed by atoms with van der Waals surface area (Å²) in [5.74, 6) is -0.253. The lowest BCUT2D eigenvalue weighted by Crippen LogP contribution is -2.24. The summed E-state index contributed by atoms with van der Waals surface area (Å²) in [6.45, 7) is 4.33. The largest absolute Gasteiger partial charge is 0.464 e. The molecule has 0 radical (unpaired) electrons. The second kappa shape index (κ2) is 6.16. The molecule has 0 N–H and O–H groups in total. The van der Waals surface area contributed by atoms with E-state index in [1.807, 2.05) is 13.8 Å². The molecule has 0 amide bonds. The van der Waals surface area contributed by atoms with Crippen molar-refractivity contribution in [1.82, 2.24) is 0 Å². The molecule has 3 heteroatoms. The molecule has 0 aliphatic rings. The third-order valence-corrected chi connectivity index (χ3v) is 1.37. The number of esters is 1. The van der Waals surface area contributed by atoms with Gasteiger partial charge in [0.2, 0.25) is 0 Å². The minimum atomic E-state index is -0.387. The van der Waals surface area contributed by atoms with Gasteiger partial charge < -0.3 is 9.47 Å². The Kier molecular flexibility index (Phi) is 5.84. The van der Waals surface area contributed by atoms with E-state index in [9.17, 15) is 4.79 Å². The van der Waals surface area contributed by atoms with E-state index >= 15 is 0 Å². The second-order valence-corrected chi connectivity index (χ2v) is 2.30. The van der Waals surface area contributed by atoms with Crippen LogP contribution in [0.15, 0.2) is 0 Å². The topological polar surface area (TPSA) is 35.5 Å². The Bertz CT molecular complexity index is 108. The van der Waals surface area contributed by atoms with E-state index in [2.05, 4.69) is 0 Å². The molecule has 0 bridgehead atoms. The van der Waals surface area contributed by atoms with E-state index in [0.717, 1.165) is 6.42 Å². The first-order valence-corrected chi connectivity index (χ1v) is 3.95. The van der Waals surface area contributed by atoms with Crippen molar-refractivity contribution in [2.24, 2.45) is 0 Å². The van der Waals surface area contributed by atoms with Crippen LogP contribution in [-0.4, -0.2) is 25.8 Å². The Morgan fingerprint density at radius 2 is 2.09 bits per heavy atom. The van der Waals surface area contributed by atoms with Crippen LogP contribution < -0.4 is 0 Å². The first-order chi connectivity index (χ1) is 5.26. The number of hydrogen-bond acceptors (Lipinski definition) is 3. The molecule has 1 unspecified atom stereocenters. The van der Waals surface area contributed by atoms with Crippen molar-refractivity contribution in [2.75, 3.05) is 13.7 Å². The number of rotatable bonds is 5. The Hall–Kier alpha value is -0.570. The van der Waals surface area contributed by atoms with Crippen LogP contribution >= 0.6 is 0 Å². The first kappa shape index (κ1) is 10.4. The number of ether oxygens (including phenoxy) is 2. The van der Waals surface area contributed by atoms with Crippen LogP contribution in [0.5, 0.6) is 0 Å². The maximum absolute atomic E-state index is 11.0. The van der Waals surface area contributed by atoms with Crippen LogP contribution in [0.25, 0.3) is 0 Å². The number of hydrogen-bond donors (Lipinski definition) is 0. The summed E-state index contributed by atoms with van der Waals surface area (Å²) in [7, 11) is 1.52. The average Bonchev–Trinajstić information content (AvgIpc) is 2.03. The van der Waals surface area contributed by atoms with Gasteiger partial charge in [0.15, 0.2) is 6.10 Å². The zero-order valence-electron chi connectivity index (χ0n) is 7.42. The van der Waals surface area contributed by atoms with E-state index in [1.54, 1.807) is 0 Å². The summed E-state index contributed by atoms with van der Waals surface area (Å²) >= 11 is 0. The van der Waals surface area contributed by atoms with Crippen molar-refractivity contribution < 1.29 is 14.3 Å². The lowest BCUT2D eigenvalue weighted by Gasteiger charge is -2.11. The lowest BCUT2D eigenvalue weighted by atomic mass is 10.3. The predicted octanol–water partition coefficient (Wildman–Crippen LogP) is 1.36. The second-order valence-electron chi connectivity index (χ2n) is 2.30. The smallest absolute Gasteiger partial charge is 0.335 e. The summed E-state index contributed by atoms with van der Waals surface area (Å²) < 4.78 is 9.75. The van der Waals surface area contributed by atoms with E-state index in [4.69, 9.17) is 9.47 Å². The Balaban J connectivity index is 3.61. The molecule has 11 heavy (non-hydrogen) atoms. The highest BCUT2D eigenvalue weighted by Gasteiger charge is 2.15. The highest BCUT2D eigenvalue weighted by Crippen LogP contribution is 1.99. The zero-order chi connectivity index (χ0) is 8.69.